The summed E-state index contributed by atoms with van der Waals surface area (Å²) >= 11 is 0. The number of benzene rings is 1. The molecule has 1 aliphatic heterocycles. The molecule has 2 bridgehead atoms. The molecule has 4 nitrogen and oxygen atoms in total. The van der Waals surface area contributed by atoms with Gasteiger partial charge < -0.3 is 14.8 Å². The highest BCUT2D eigenvalue weighted by Crippen LogP contribution is 2.56. The molecule has 0 unspecified atom stereocenters. The van der Waals surface area contributed by atoms with Gasteiger partial charge in [0.1, 0.15) is 6.61 Å². The standard InChI is InChI=1S/C22H31NO3/c1-14(2)23-21(24)26-13-22-12-25-20(18-9-7-6-8-10-18)19(17(22)5)15(3)11-16(22)4/h6-11,14,16-17,19-20H,12-13H2,1-5H3,(H,23,24)/t16-,17+,19+,20-,22+/m0/s1. The number of allylic oxidation sites excluding steroid dienone is 1. The Balaban J connectivity index is 1.84. The molecule has 1 fully saturated rings. The summed E-state index contributed by atoms with van der Waals surface area (Å²) in [5.74, 6) is 0.977. The molecule has 2 aliphatic rings. The number of fused-ring (bicyclic) bond motifs is 2. The van der Waals surface area contributed by atoms with Gasteiger partial charge in [-0.15, -0.1) is 0 Å². The normalized spacial score (nSPS) is 33.5. The number of hydrogen-bond donors (Lipinski definition) is 1. The number of ether oxygens (including phenoxy) is 2. The molecule has 0 spiro atoms. The molecule has 142 valence electrons. The van der Waals surface area contributed by atoms with Crippen molar-refractivity contribution in [2.75, 3.05) is 13.2 Å². The highest BCUT2D eigenvalue weighted by molar-refractivity contribution is 5.67. The second-order valence-electron chi connectivity index (χ2n) is 8.26. The van der Waals surface area contributed by atoms with E-state index >= 15 is 0 Å². The van der Waals surface area contributed by atoms with Gasteiger partial charge in [0.25, 0.3) is 0 Å². The van der Waals surface area contributed by atoms with E-state index in [0.29, 0.717) is 31.0 Å². The Hall–Kier alpha value is -1.81. The van der Waals surface area contributed by atoms with Crippen LogP contribution >= 0.6 is 0 Å². The molecule has 0 saturated carbocycles. The molecule has 1 saturated heterocycles. The van der Waals surface area contributed by atoms with Gasteiger partial charge >= 0.3 is 6.09 Å². The van der Waals surface area contributed by atoms with Crippen molar-refractivity contribution in [3.8, 4) is 0 Å². The Labute approximate surface area is 157 Å². The average Bonchev–Trinajstić information content (AvgIpc) is 2.59. The molecule has 0 aromatic heterocycles. The van der Waals surface area contributed by atoms with E-state index in [1.54, 1.807) is 0 Å². The summed E-state index contributed by atoms with van der Waals surface area (Å²) in [5.41, 5.74) is 2.42. The first kappa shape index (κ1) is 19.0. The third-order valence-electron chi connectivity index (χ3n) is 6.26. The van der Waals surface area contributed by atoms with Gasteiger partial charge in [-0.05, 0) is 38.2 Å². The summed E-state index contributed by atoms with van der Waals surface area (Å²) in [6.07, 6.45) is 2.07. The number of amides is 1. The molecule has 1 heterocycles. The first-order valence-electron chi connectivity index (χ1n) is 9.63. The zero-order valence-electron chi connectivity index (χ0n) is 16.5. The second kappa shape index (κ2) is 7.43. The molecular formula is C22H31NO3. The summed E-state index contributed by atoms with van der Waals surface area (Å²) < 4.78 is 12.0. The van der Waals surface area contributed by atoms with E-state index in [1.165, 1.54) is 11.1 Å². The van der Waals surface area contributed by atoms with Gasteiger partial charge in [0, 0.05) is 17.4 Å². The van der Waals surface area contributed by atoms with Crippen molar-refractivity contribution in [2.24, 2.45) is 23.2 Å². The maximum absolute atomic E-state index is 12.0. The van der Waals surface area contributed by atoms with E-state index < -0.39 is 0 Å². The zero-order chi connectivity index (χ0) is 18.9. The number of nitrogens with one attached hydrogen (secondary N) is 1. The Kier molecular flexibility index (Phi) is 5.42. The summed E-state index contributed by atoms with van der Waals surface area (Å²) in [4.78, 5) is 12.0. The molecule has 5 atom stereocenters. The van der Waals surface area contributed by atoms with Crippen molar-refractivity contribution in [2.45, 2.75) is 46.8 Å². The molecule has 1 N–H and O–H groups in total. The maximum Gasteiger partial charge on any atom is 0.407 e. The monoisotopic (exact) mass is 357 g/mol. The Morgan fingerprint density at radius 2 is 2.00 bits per heavy atom. The third-order valence-corrected chi connectivity index (χ3v) is 6.26. The van der Waals surface area contributed by atoms with Gasteiger partial charge in [-0.3, -0.25) is 0 Å². The van der Waals surface area contributed by atoms with Crippen LogP contribution in [0, 0.1) is 23.2 Å². The summed E-state index contributed by atoms with van der Waals surface area (Å²) in [6, 6.07) is 10.5. The third kappa shape index (κ3) is 3.39. The SMILES string of the molecule is CC1=C[C@H](C)[C@]2(COC(=O)NC(C)C)CO[C@@H](c3ccccc3)[C@H]1[C@H]2C. The van der Waals surface area contributed by atoms with Gasteiger partial charge in [-0.25, -0.2) is 4.79 Å². The fraction of sp³-hybridized carbons (Fsp3) is 0.591. The van der Waals surface area contributed by atoms with E-state index in [4.69, 9.17) is 9.47 Å². The molecule has 1 amide bonds. The molecule has 1 aliphatic carbocycles. The van der Waals surface area contributed by atoms with Crippen molar-refractivity contribution < 1.29 is 14.3 Å². The maximum atomic E-state index is 12.0. The average molecular weight is 357 g/mol. The number of carbonyl (C=O) groups excluding carboxylic acids is 1. The number of hydrogen-bond acceptors (Lipinski definition) is 3. The molecule has 0 radical (unpaired) electrons. The van der Waals surface area contributed by atoms with Crippen LogP contribution in [-0.2, 0) is 9.47 Å². The van der Waals surface area contributed by atoms with E-state index in [1.807, 2.05) is 19.9 Å². The molecule has 26 heavy (non-hydrogen) atoms. The highest BCUT2D eigenvalue weighted by Gasteiger charge is 2.54. The van der Waals surface area contributed by atoms with E-state index in [-0.39, 0.29) is 23.7 Å². The summed E-state index contributed by atoms with van der Waals surface area (Å²) in [6.45, 7) is 11.6. The van der Waals surface area contributed by atoms with Crippen LogP contribution in [0.4, 0.5) is 4.79 Å². The minimum Gasteiger partial charge on any atom is -0.449 e. The molecule has 3 rings (SSSR count). The second-order valence-corrected chi connectivity index (χ2v) is 8.26. The van der Waals surface area contributed by atoms with Gasteiger partial charge in [0.2, 0.25) is 0 Å². The predicted octanol–water partition coefficient (Wildman–Crippen LogP) is 4.73. The fourth-order valence-electron chi connectivity index (χ4n) is 4.68. The smallest absolute Gasteiger partial charge is 0.407 e. The summed E-state index contributed by atoms with van der Waals surface area (Å²) in [5, 5.41) is 2.81. The Morgan fingerprint density at radius 1 is 1.31 bits per heavy atom. The summed E-state index contributed by atoms with van der Waals surface area (Å²) in [7, 11) is 0. The van der Waals surface area contributed by atoms with Crippen molar-refractivity contribution in [1.29, 1.82) is 0 Å². The molecule has 1 aromatic carbocycles. The molecule has 4 heteroatoms. The largest absolute Gasteiger partial charge is 0.449 e. The van der Waals surface area contributed by atoms with Crippen LogP contribution in [-0.4, -0.2) is 25.3 Å². The number of rotatable bonds is 4. The van der Waals surface area contributed by atoms with Crippen LogP contribution in [0.5, 0.6) is 0 Å². The van der Waals surface area contributed by atoms with Crippen LogP contribution < -0.4 is 5.32 Å². The van der Waals surface area contributed by atoms with Gasteiger partial charge in [-0.2, -0.15) is 0 Å². The fourth-order valence-corrected chi connectivity index (χ4v) is 4.68. The van der Waals surface area contributed by atoms with Gasteiger partial charge in [0.15, 0.2) is 0 Å². The van der Waals surface area contributed by atoms with Crippen molar-refractivity contribution in [3.05, 3.63) is 47.5 Å². The Bertz CT molecular complexity index is 669. The van der Waals surface area contributed by atoms with Gasteiger partial charge in [-0.1, -0.05) is 55.8 Å². The van der Waals surface area contributed by atoms with Crippen LogP contribution in [0.15, 0.2) is 42.0 Å². The van der Waals surface area contributed by atoms with E-state index in [2.05, 4.69) is 56.4 Å². The number of alkyl carbamates (subject to hydrolysis) is 1. The Morgan fingerprint density at radius 3 is 2.65 bits per heavy atom. The van der Waals surface area contributed by atoms with Crippen molar-refractivity contribution in [3.63, 3.8) is 0 Å². The first-order chi connectivity index (χ1) is 12.3. The topological polar surface area (TPSA) is 47.6 Å². The lowest BCUT2D eigenvalue weighted by Crippen LogP contribution is -2.55. The quantitative estimate of drug-likeness (QED) is 0.793. The van der Waals surface area contributed by atoms with E-state index in [0.717, 1.165) is 0 Å². The lowest BCUT2D eigenvalue weighted by atomic mass is 9.56. The van der Waals surface area contributed by atoms with Crippen LogP contribution in [0.1, 0.15) is 46.3 Å². The lowest BCUT2D eigenvalue weighted by Gasteiger charge is -2.55. The lowest BCUT2D eigenvalue weighted by molar-refractivity contribution is -0.165. The highest BCUT2D eigenvalue weighted by atomic mass is 16.6. The van der Waals surface area contributed by atoms with Crippen LogP contribution in [0.3, 0.4) is 0 Å². The molecular weight excluding hydrogens is 326 g/mol. The minimum absolute atomic E-state index is 0.0626. The van der Waals surface area contributed by atoms with Crippen molar-refractivity contribution in [1.82, 2.24) is 5.32 Å². The van der Waals surface area contributed by atoms with Crippen LogP contribution in [0.2, 0.25) is 0 Å². The van der Waals surface area contributed by atoms with E-state index in [9.17, 15) is 4.79 Å². The first-order valence-corrected chi connectivity index (χ1v) is 9.63. The minimum atomic E-state index is -0.346. The number of carbonyl (C=O) groups is 1. The van der Waals surface area contributed by atoms with Gasteiger partial charge in [0.05, 0.1) is 12.7 Å². The predicted molar refractivity (Wildman–Crippen MR) is 103 cm³/mol. The van der Waals surface area contributed by atoms with Crippen molar-refractivity contribution >= 4 is 6.09 Å². The zero-order valence-corrected chi connectivity index (χ0v) is 16.5. The molecule has 1 aromatic rings. The van der Waals surface area contributed by atoms with Crippen LogP contribution in [0.25, 0.3) is 0 Å².